The molecule has 2 rings (SSSR count). The highest BCUT2D eigenvalue weighted by atomic mass is 19.1. The minimum Gasteiger partial charge on any atom is -0.481 e. The summed E-state index contributed by atoms with van der Waals surface area (Å²) < 4.78 is 13.0. The zero-order valence-corrected chi connectivity index (χ0v) is 12.8. The third-order valence-electron chi connectivity index (χ3n) is 3.41. The van der Waals surface area contributed by atoms with Gasteiger partial charge in [0.2, 0.25) is 0 Å². The summed E-state index contributed by atoms with van der Waals surface area (Å²) in [6.45, 7) is 3.92. The van der Waals surface area contributed by atoms with Gasteiger partial charge in [-0.25, -0.2) is 4.39 Å². The van der Waals surface area contributed by atoms with Crippen LogP contribution in [0.3, 0.4) is 0 Å². The summed E-state index contributed by atoms with van der Waals surface area (Å²) in [7, 11) is 0. The second-order valence-electron chi connectivity index (χ2n) is 5.54. The number of halogens is 1. The summed E-state index contributed by atoms with van der Waals surface area (Å²) in [6.07, 6.45) is -0.307. The monoisotopic (exact) mass is 319 g/mol. The minimum atomic E-state index is -1.07. The molecule has 0 spiro atoms. The smallest absolute Gasteiger partial charge is 0.305 e. The fraction of sp³-hybridized carbons (Fsp3) is 0.312. The van der Waals surface area contributed by atoms with Crippen molar-refractivity contribution in [1.82, 2.24) is 15.5 Å². The first-order valence-electron chi connectivity index (χ1n) is 7.20. The van der Waals surface area contributed by atoms with Gasteiger partial charge in [0.15, 0.2) is 0 Å². The van der Waals surface area contributed by atoms with Crippen LogP contribution in [0, 0.1) is 5.82 Å². The number of aromatic amines is 1. The van der Waals surface area contributed by atoms with Crippen LogP contribution in [0.4, 0.5) is 4.39 Å². The van der Waals surface area contributed by atoms with Crippen molar-refractivity contribution in [3.8, 4) is 0 Å². The molecular formula is C16H18FN3O3. The van der Waals surface area contributed by atoms with Crippen LogP contribution in [-0.2, 0) is 4.79 Å². The Labute approximate surface area is 132 Å². The lowest BCUT2D eigenvalue weighted by Gasteiger charge is -2.16. The lowest BCUT2D eigenvalue weighted by Crippen LogP contribution is -2.30. The van der Waals surface area contributed by atoms with E-state index in [9.17, 15) is 14.0 Å². The van der Waals surface area contributed by atoms with Gasteiger partial charge in [0, 0.05) is 5.69 Å². The van der Waals surface area contributed by atoms with Crippen molar-refractivity contribution in [3.63, 3.8) is 0 Å². The number of hydrogen-bond acceptors (Lipinski definition) is 3. The molecule has 0 saturated carbocycles. The Balaban J connectivity index is 2.17. The highest BCUT2D eigenvalue weighted by Gasteiger charge is 2.20. The molecule has 23 heavy (non-hydrogen) atoms. The Kier molecular flexibility index (Phi) is 5.10. The number of hydrogen-bond donors (Lipinski definition) is 3. The minimum absolute atomic E-state index is 0.186. The van der Waals surface area contributed by atoms with E-state index in [4.69, 9.17) is 5.11 Å². The van der Waals surface area contributed by atoms with Crippen molar-refractivity contribution < 1.29 is 19.1 Å². The van der Waals surface area contributed by atoms with Crippen molar-refractivity contribution in [1.29, 1.82) is 0 Å². The number of carbonyl (C=O) groups is 2. The van der Waals surface area contributed by atoms with E-state index in [1.54, 1.807) is 6.07 Å². The topological polar surface area (TPSA) is 95.1 Å². The number of nitrogens with one attached hydrogen (secondary N) is 2. The van der Waals surface area contributed by atoms with Gasteiger partial charge >= 0.3 is 5.97 Å². The number of aromatic nitrogens is 2. The third-order valence-corrected chi connectivity index (χ3v) is 3.41. The molecule has 1 atom stereocenters. The van der Waals surface area contributed by atoms with Crippen LogP contribution in [0.15, 0.2) is 30.3 Å². The first-order valence-corrected chi connectivity index (χ1v) is 7.20. The van der Waals surface area contributed by atoms with Crippen LogP contribution < -0.4 is 5.32 Å². The molecule has 0 saturated heterocycles. The number of nitrogens with zero attached hydrogens (tertiary/aromatic N) is 1. The highest BCUT2D eigenvalue weighted by Crippen LogP contribution is 2.19. The Bertz CT molecular complexity index is 695. The van der Waals surface area contributed by atoms with Crippen molar-refractivity contribution in [2.75, 3.05) is 0 Å². The van der Waals surface area contributed by atoms with Crippen molar-refractivity contribution in [2.24, 2.45) is 0 Å². The summed E-state index contributed by atoms with van der Waals surface area (Å²) in [4.78, 5) is 23.3. The lowest BCUT2D eigenvalue weighted by molar-refractivity contribution is -0.137. The van der Waals surface area contributed by atoms with Gasteiger partial charge in [-0.3, -0.25) is 14.7 Å². The molecule has 0 bridgehead atoms. The van der Waals surface area contributed by atoms with Gasteiger partial charge in [-0.15, -0.1) is 0 Å². The molecule has 1 unspecified atom stereocenters. The van der Waals surface area contributed by atoms with Gasteiger partial charge in [-0.2, -0.15) is 5.10 Å². The van der Waals surface area contributed by atoms with E-state index < -0.39 is 23.7 Å². The number of H-pyrrole nitrogens is 1. The molecular weight excluding hydrogens is 301 g/mol. The van der Waals surface area contributed by atoms with E-state index in [0.717, 1.165) is 5.69 Å². The normalized spacial score (nSPS) is 12.2. The number of aliphatic carboxylic acids is 1. The zero-order valence-electron chi connectivity index (χ0n) is 12.8. The van der Waals surface area contributed by atoms with Gasteiger partial charge < -0.3 is 10.4 Å². The molecule has 0 fully saturated rings. The number of carboxylic acids is 1. The van der Waals surface area contributed by atoms with E-state index in [0.29, 0.717) is 5.56 Å². The molecule has 1 aromatic carbocycles. The SMILES string of the molecule is CC(C)c1cc(C(=O)NC(CC(=O)O)c2ccc(F)cc2)n[nH]1. The second-order valence-corrected chi connectivity index (χ2v) is 5.54. The average molecular weight is 319 g/mol. The average Bonchev–Trinajstić information content (AvgIpc) is 2.97. The van der Waals surface area contributed by atoms with E-state index >= 15 is 0 Å². The lowest BCUT2D eigenvalue weighted by atomic mass is 10.0. The van der Waals surface area contributed by atoms with Crippen LogP contribution in [0.1, 0.15) is 54.0 Å². The molecule has 0 aliphatic heterocycles. The number of rotatable bonds is 6. The van der Waals surface area contributed by atoms with Crippen LogP contribution in [0.2, 0.25) is 0 Å². The van der Waals surface area contributed by atoms with Gasteiger partial charge in [0.25, 0.3) is 5.91 Å². The molecule has 6 nitrogen and oxygen atoms in total. The molecule has 3 N–H and O–H groups in total. The Morgan fingerprint density at radius 2 is 1.96 bits per heavy atom. The summed E-state index contributed by atoms with van der Waals surface area (Å²) in [6, 6.07) is 6.21. The Morgan fingerprint density at radius 1 is 1.30 bits per heavy atom. The molecule has 1 amide bonds. The largest absolute Gasteiger partial charge is 0.481 e. The number of amides is 1. The predicted molar refractivity (Wildman–Crippen MR) is 81.5 cm³/mol. The molecule has 1 heterocycles. The third kappa shape index (κ3) is 4.38. The van der Waals surface area contributed by atoms with Crippen molar-refractivity contribution in [2.45, 2.75) is 32.2 Å². The summed E-state index contributed by atoms with van der Waals surface area (Å²) in [5.74, 6) is -1.78. The van der Waals surface area contributed by atoms with Crippen LogP contribution in [0.5, 0.6) is 0 Å². The van der Waals surface area contributed by atoms with E-state index in [1.165, 1.54) is 24.3 Å². The van der Waals surface area contributed by atoms with E-state index in [2.05, 4.69) is 15.5 Å². The number of carboxylic acid groups (broad SMARTS) is 1. The van der Waals surface area contributed by atoms with Crippen LogP contribution in [-0.4, -0.2) is 27.2 Å². The fourth-order valence-corrected chi connectivity index (χ4v) is 2.10. The predicted octanol–water partition coefficient (Wildman–Crippen LogP) is 2.62. The zero-order chi connectivity index (χ0) is 17.0. The van der Waals surface area contributed by atoms with E-state index in [1.807, 2.05) is 13.8 Å². The van der Waals surface area contributed by atoms with E-state index in [-0.39, 0.29) is 18.0 Å². The molecule has 122 valence electrons. The maximum absolute atomic E-state index is 13.0. The van der Waals surface area contributed by atoms with Crippen molar-refractivity contribution in [3.05, 3.63) is 53.1 Å². The standard InChI is InChI=1S/C16H18FN3O3/c1-9(2)12-7-14(20-19-12)16(23)18-13(8-15(21)22)10-3-5-11(17)6-4-10/h3-7,9,13H,8H2,1-2H3,(H,18,23)(H,19,20)(H,21,22). The van der Waals surface area contributed by atoms with Gasteiger partial charge in [0.05, 0.1) is 12.5 Å². The summed E-state index contributed by atoms with van der Waals surface area (Å²) in [5, 5.41) is 18.3. The van der Waals surface area contributed by atoms with Crippen molar-refractivity contribution >= 4 is 11.9 Å². The molecule has 1 aromatic heterocycles. The summed E-state index contributed by atoms with van der Waals surface area (Å²) in [5.41, 5.74) is 1.51. The Morgan fingerprint density at radius 3 is 2.48 bits per heavy atom. The maximum atomic E-state index is 13.0. The van der Waals surface area contributed by atoms with Crippen LogP contribution in [0.25, 0.3) is 0 Å². The maximum Gasteiger partial charge on any atom is 0.305 e. The Hall–Kier alpha value is -2.70. The molecule has 2 aromatic rings. The summed E-state index contributed by atoms with van der Waals surface area (Å²) >= 11 is 0. The number of benzene rings is 1. The number of carbonyl (C=O) groups excluding carboxylic acids is 1. The molecule has 7 heteroatoms. The van der Waals surface area contributed by atoms with Gasteiger partial charge in [-0.05, 0) is 29.7 Å². The van der Waals surface area contributed by atoms with Gasteiger partial charge in [0.1, 0.15) is 11.5 Å². The molecule has 0 aliphatic rings. The molecule has 0 radical (unpaired) electrons. The quantitative estimate of drug-likeness (QED) is 0.762. The highest BCUT2D eigenvalue weighted by molar-refractivity contribution is 5.92. The van der Waals surface area contributed by atoms with Gasteiger partial charge in [-0.1, -0.05) is 26.0 Å². The van der Waals surface area contributed by atoms with Crippen LogP contribution >= 0.6 is 0 Å². The first kappa shape index (κ1) is 16.7. The first-order chi connectivity index (χ1) is 10.9. The fourth-order valence-electron chi connectivity index (χ4n) is 2.10. The second kappa shape index (κ2) is 7.04. The molecule has 0 aliphatic carbocycles.